The SMILES string of the molecule is CC(O)(CO)CNC(=O)c1cc(Cl)nc(Cl)c1. The highest BCUT2D eigenvalue weighted by Gasteiger charge is 2.20. The Labute approximate surface area is 108 Å². The Bertz CT molecular complexity index is 404. The second-order valence-corrected chi connectivity index (χ2v) is 4.61. The van der Waals surface area contributed by atoms with E-state index in [4.69, 9.17) is 28.3 Å². The van der Waals surface area contributed by atoms with E-state index >= 15 is 0 Å². The van der Waals surface area contributed by atoms with Gasteiger partial charge in [-0.05, 0) is 19.1 Å². The molecule has 0 saturated carbocycles. The summed E-state index contributed by atoms with van der Waals surface area (Å²) < 4.78 is 0. The first-order chi connectivity index (χ1) is 7.84. The van der Waals surface area contributed by atoms with Crippen molar-refractivity contribution in [2.45, 2.75) is 12.5 Å². The van der Waals surface area contributed by atoms with Crippen LogP contribution in [0.25, 0.3) is 0 Å². The lowest BCUT2D eigenvalue weighted by molar-refractivity contribution is 0.00320. The van der Waals surface area contributed by atoms with Gasteiger partial charge in [0, 0.05) is 12.1 Å². The monoisotopic (exact) mass is 278 g/mol. The molecule has 0 aliphatic carbocycles. The minimum atomic E-state index is -1.36. The zero-order valence-electron chi connectivity index (χ0n) is 9.07. The maximum atomic E-state index is 11.7. The van der Waals surface area contributed by atoms with Crippen LogP contribution in [0.3, 0.4) is 0 Å². The van der Waals surface area contributed by atoms with Crippen molar-refractivity contribution >= 4 is 29.1 Å². The lowest BCUT2D eigenvalue weighted by atomic mass is 10.1. The highest BCUT2D eigenvalue weighted by molar-refractivity contribution is 6.33. The molecule has 94 valence electrons. The number of nitrogens with zero attached hydrogens (tertiary/aromatic N) is 1. The first kappa shape index (κ1) is 14.2. The second-order valence-electron chi connectivity index (χ2n) is 3.84. The standard InChI is InChI=1S/C10H12Cl2N2O3/c1-10(17,5-15)4-13-9(16)6-2-7(11)14-8(12)3-6/h2-3,15,17H,4-5H2,1H3,(H,13,16). The van der Waals surface area contributed by atoms with Crippen molar-refractivity contribution < 1.29 is 15.0 Å². The predicted molar refractivity (Wildman–Crippen MR) is 64.3 cm³/mol. The molecule has 0 aromatic carbocycles. The van der Waals surface area contributed by atoms with Gasteiger partial charge in [-0.15, -0.1) is 0 Å². The van der Waals surface area contributed by atoms with E-state index in [2.05, 4.69) is 10.3 Å². The number of aliphatic hydroxyl groups is 2. The van der Waals surface area contributed by atoms with Gasteiger partial charge in [-0.2, -0.15) is 0 Å². The molecule has 0 bridgehead atoms. The van der Waals surface area contributed by atoms with E-state index < -0.39 is 18.1 Å². The van der Waals surface area contributed by atoms with Crippen molar-refractivity contribution in [1.82, 2.24) is 10.3 Å². The third-order valence-corrected chi connectivity index (χ3v) is 2.38. The summed E-state index contributed by atoms with van der Waals surface area (Å²) >= 11 is 11.3. The van der Waals surface area contributed by atoms with Crippen LogP contribution in [0.1, 0.15) is 17.3 Å². The number of nitrogens with one attached hydrogen (secondary N) is 1. The first-order valence-electron chi connectivity index (χ1n) is 4.78. The van der Waals surface area contributed by atoms with Gasteiger partial charge in [0.25, 0.3) is 5.91 Å². The average Bonchev–Trinajstić information content (AvgIpc) is 2.24. The van der Waals surface area contributed by atoms with Crippen LogP contribution in [-0.4, -0.2) is 39.9 Å². The zero-order valence-corrected chi connectivity index (χ0v) is 10.6. The first-order valence-corrected chi connectivity index (χ1v) is 5.54. The zero-order chi connectivity index (χ0) is 13.1. The number of pyridine rings is 1. The summed E-state index contributed by atoms with van der Waals surface area (Å²) in [6.07, 6.45) is 0. The summed E-state index contributed by atoms with van der Waals surface area (Å²) in [5.41, 5.74) is -1.13. The Morgan fingerprint density at radius 3 is 2.47 bits per heavy atom. The lowest BCUT2D eigenvalue weighted by Gasteiger charge is -2.20. The van der Waals surface area contributed by atoms with Gasteiger partial charge in [-0.25, -0.2) is 4.98 Å². The Kier molecular flexibility index (Phi) is 4.70. The predicted octanol–water partition coefficient (Wildman–Crippen LogP) is 0.861. The molecule has 3 N–H and O–H groups in total. The molecule has 1 amide bonds. The van der Waals surface area contributed by atoms with E-state index in [-0.39, 0.29) is 22.4 Å². The molecule has 0 spiro atoms. The van der Waals surface area contributed by atoms with Crippen LogP contribution in [0.4, 0.5) is 0 Å². The van der Waals surface area contributed by atoms with Crippen LogP contribution < -0.4 is 5.32 Å². The molecular weight excluding hydrogens is 267 g/mol. The Balaban J connectivity index is 2.70. The number of hydrogen-bond acceptors (Lipinski definition) is 4. The van der Waals surface area contributed by atoms with Crippen molar-refractivity contribution in [3.8, 4) is 0 Å². The maximum absolute atomic E-state index is 11.7. The highest BCUT2D eigenvalue weighted by atomic mass is 35.5. The smallest absolute Gasteiger partial charge is 0.251 e. The van der Waals surface area contributed by atoms with E-state index in [9.17, 15) is 9.90 Å². The summed E-state index contributed by atoms with van der Waals surface area (Å²) in [6, 6.07) is 2.72. The van der Waals surface area contributed by atoms with Crippen LogP contribution in [0.15, 0.2) is 12.1 Å². The molecule has 1 unspecified atom stereocenters. The number of aliphatic hydroxyl groups excluding tert-OH is 1. The average molecular weight is 279 g/mol. The quantitative estimate of drug-likeness (QED) is 0.714. The summed E-state index contributed by atoms with van der Waals surface area (Å²) in [7, 11) is 0. The Hall–Kier alpha value is -0.880. The molecule has 0 fully saturated rings. The fraction of sp³-hybridized carbons (Fsp3) is 0.400. The maximum Gasteiger partial charge on any atom is 0.251 e. The normalized spacial score (nSPS) is 14.2. The fourth-order valence-electron chi connectivity index (χ4n) is 1.02. The minimum Gasteiger partial charge on any atom is -0.393 e. The third-order valence-electron chi connectivity index (χ3n) is 2.00. The molecule has 1 heterocycles. The molecule has 17 heavy (non-hydrogen) atoms. The molecule has 1 aromatic rings. The number of rotatable bonds is 4. The number of halogens is 2. The number of carbonyl (C=O) groups is 1. The largest absolute Gasteiger partial charge is 0.393 e. The summed E-state index contributed by atoms with van der Waals surface area (Å²) in [6.45, 7) is 0.866. The topological polar surface area (TPSA) is 82.5 Å². The van der Waals surface area contributed by atoms with Gasteiger partial charge in [-0.3, -0.25) is 4.79 Å². The van der Waals surface area contributed by atoms with Crippen molar-refractivity contribution in [3.63, 3.8) is 0 Å². The van der Waals surface area contributed by atoms with Crippen LogP contribution >= 0.6 is 23.2 Å². The molecular formula is C10H12Cl2N2O3. The van der Waals surface area contributed by atoms with Crippen molar-refractivity contribution in [2.75, 3.05) is 13.2 Å². The minimum absolute atomic E-state index is 0.0834. The molecule has 5 nitrogen and oxygen atoms in total. The van der Waals surface area contributed by atoms with Crippen LogP contribution in [0.5, 0.6) is 0 Å². The molecule has 0 saturated heterocycles. The molecule has 0 radical (unpaired) electrons. The van der Waals surface area contributed by atoms with Crippen LogP contribution in [0, 0.1) is 0 Å². The molecule has 7 heteroatoms. The van der Waals surface area contributed by atoms with Gasteiger partial charge >= 0.3 is 0 Å². The van der Waals surface area contributed by atoms with E-state index in [1.54, 1.807) is 0 Å². The molecule has 0 aliphatic heterocycles. The molecule has 1 rings (SSSR count). The van der Waals surface area contributed by atoms with E-state index in [0.29, 0.717) is 0 Å². The number of aromatic nitrogens is 1. The van der Waals surface area contributed by atoms with Gasteiger partial charge < -0.3 is 15.5 Å². The third kappa shape index (κ3) is 4.47. The van der Waals surface area contributed by atoms with E-state index in [0.717, 1.165) is 0 Å². The Morgan fingerprint density at radius 1 is 1.47 bits per heavy atom. The summed E-state index contributed by atoms with van der Waals surface area (Å²) in [4.78, 5) is 15.4. The Morgan fingerprint density at radius 2 is 2.00 bits per heavy atom. The van der Waals surface area contributed by atoms with E-state index in [1.807, 2.05) is 0 Å². The van der Waals surface area contributed by atoms with Gasteiger partial charge in [-0.1, -0.05) is 23.2 Å². The molecule has 1 atom stereocenters. The number of hydrogen-bond donors (Lipinski definition) is 3. The fourth-order valence-corrected chi connectivity index (χ4v) is 1.49. The second kappa shape index (κ2) is 5.64. The summed E-state index contributed by atoms with van der Waals surface area (Å²) in [5, 5.41) is 21.0. The van der Waals surface area contributed by atoms with Crippen molar-refractivity contribution in [1.29, 1.82) is 0 Å². The molecule has 0 aliphatic rings. The van der Waals surface area contributed by atoms with Gasteiger partial charge in [0.2, 0.25) is 0 Å². The number of carbonyl (C=O) groups excluding carboxylic acids is 1. The van der Waals surface area contributed by atoms with Crippen molar-refractivity contribution in [2.24, 2.45) is 0 Å². The summed E-state index contributed by atoms with van der Waals surface area (Å²) in [5.74, 6) is -0.454. The van der Waals surface area contributed by atoms with Crippen molar-refractivity contribution in [3.05, 3.63) is 28.0 Å². The molecule has 1 aromatic heterocycles. The number of amides is 1. The van der Waals surface area contributed by atoms with E-state index in [1.165, 1.54) is 19.1 Å². The highest BCUT2D eigenvalue weighted by Crippen LogP contribution is 2.14. The van der Waals surface area contributed by atoms with Gasteiger partial charge in [0.1, 0.15) is 15.9 Å². The van der Waals surface area contributed by atoms with Crippen LogP contribution in [0.2, 0.25) is 10.3 Å². The van der Waals surface area contributed by atoms with Gasteiger partial charge in [0.05, 0.1) is 6.61 Å². The van der Waals surface area contributed by atoms with Gasteiger partial charge in [0.15, 0.2) is 0 Å². The lowest BCUT2D eigenvalue weighted by Crippen LogP contribution is -2.43. The van der Waals surface area contributed by atoms with Crippen LogP contribution in [-0.2, 0) is 0 Å².